The van der Waals surface area contributed by atoms with Gasteiger partial charge in [-0.2, -0.15) is 0 Å². The van der Waals surface area contributed by atoms with Crippen LogP contribution in [0.4, 0.5) is 4.39 Å². The molecule has 0 radical (unpaired) electrons. The number of carbonyl (C=O) groups excluding carboxylic acids is 2. The zero-order valence-corrected chi connectivity index (χ0v) is 23.8. The average Bonchev–Trinajstić information content (AvgIpc) is 3.44. The molecule has 4 N–H and O–H groups in total. The van der Waals surface area contributed by atoms with Gasteiger partial charge in [0.25, 0.3) is 11.8 Å². The monoisotopic (exact) mass is 567 g/mol. The van der Waals surface area contributed by atoms with Gasteiger partial charge in [0.05, 0.1) is 32.5 Å². The lowest BCUT2D eigenvalue weighted by atomic mass is 9.81. The fourth-order valence-electron chi connectivity index (χ4n) is 5.83. The second kappa shape index (κ2) is 11.6. The number of amides is 2. The van der Waals surface area contributed by atoms with E-state index in [1.165, 1.54) is 33.5 Å². The number of nitrogens with one attached hydrogen (secondary N) is 1. The van der Waals surface area contributed by atoms with Crippen LogP contribution in [0.3, 0.4) is 0 Å². The Kier molecular flexibility index (Phi) is 8.39. The summed E-state index contributed by atoms with van der Waals surface area (Å²) < 4.78 is 32.8. The first-order valence-corrected chi connectivity index (χ1v) is 13.2. The molecule has 0 saturated carbocycles. The lowest BCUT2D eigenvalue weighted by molar-refractivity contribution is -0.141. The molecule has 1 aliphatic rings. The van der Waals surface area contributed by atoms with Crippen molar-refractivity contribution in [3.8, 4) is 17.2 Å². The molecule has 4 rings (SSSR count). The molecule has 41 heavy (non-hydrogen) atoms. The van der Waals surface area contributed by atoms with Gasteiger partial charge in [0.1, 0.15) is 11.9 Å². The normalized spacial score (nSPS) is 15.7. The lowest BCUT2D eigenvalue weighted by Gasteiger charge is -2.34. The molecule has 0 aliphatic carbocycles. The third kappa shape index (κ3) is 5.13. The second-order valence-electron chi connectivity index (χ2n) is 10.2. The molecular weight excluding hydrogens is 533 g/mol. The molecule has 218 valence electrons. The number of benzene rings is 2. The predicted molar refractivity (Wildman–Crippen MR) is 151 cm³/mol. The maximum atomic E-state index is 14.7. The van der Waals surface area contributed by atoms with Gasteiger partial charge in [-0.25, -0.2) is 4.39 Å². The van der Waals surface area contributed by atoms with Crippen molar-refractivity contribution < 1.29 is 38.1 Å². The van der Waals surface area contributed by atoms with E-state index in [1.54, 1.807) is 24.4 Å². The second-order valence-corrected chi connectivity index (χ2v) is 10.2. The Morgan fingerprint density at radius 3 is 2.15 bits per heavy atom. The molecule has 3 unspecified atom stereocenters. The van der Waals surface area contributed by atoms with Crippen LogP contribution in [-0.2, 0) is 14.4 Å². The number of nitrogens with zero attached hydrogens (tertiary/aromatic N) is 1. The fourth-order valence-corrected chi connectivity index (χ4v) is 5.83. The van der Waals surface area contributed by atoms with Gasteiger partial charge in [0, 0.05) is 34.6 Å². The van der Waals surface area contributed by atoms with E-state index in [0.717, 1.165) is 0 Å². The number of aliphatic carboxylic acids is 1. The van der Waals surface area contributed by atoms with Crippen LogP contribution in [-0.4, -0.2) is 54.8 Å². The molecule has 3 atom stereocenters. The van der Waals surface area contributed by atoms with E-state index in [2.05, 4.69) is 5.32 Å². The van der Waals surface area contributed by atoms with Crippen molar-refractivity contribution in [2.75, 3.05) is 21.3 Å². The molecule has 10 nitrogen and oxygen atoms in total. The Bertz CT molecular complexity index is 1530. The molecule has 2 amide bonds. The summed E-state index contributed by atoms with van der Waals surface area (Å²) in [4.78, 5) is 38.5. The van der Waals surface area contributed by atoms with Crippen LogP contribution in [0, 0.1) is 17.7 Å². The zero-order chi connectivity index (χ0) is 30.2. The highest BCUT2D eigenvalue weighted by Gasteiger charge is 2.38. The number of hydrogen-bond donors (Lipinski definition) is 3. The number of carboxylic acids is 1. The SMILES string of the molecule is CCC(C(C(C)C)C(N)C(=O)O)n1cc(C2=C(c3cc(OC)c(OC)c(OC)c3)C(=O)NC2=O)c2cc(F)ccc21. The minimum absolute atomic E-state index is 0.0390. The number of rotatable bonds is 11. The van der Waals surface area contributed by atoms with Crippen LogP contribution in [0.15, 0.2) is 36.5 Å². The largest absolute Gasteiger partial charge is 0.493 e. The van der Waals surface area contributed by atoms with E-state index in [1.807, 2.05) is 25.3 Å². The van der Waals surface area contributed by atoms with E-state index in [9.17, 15) is 23.9 Å². The van der Waals surface area contributed by atoms with Gasteiger partial charge in [-0.05, 0) is 48.2 Å². The third-order valence-corrected chi connectivity index (χ3v) is 7.64. The Morgan fingerprint density at radius 1 is 1.02 bits per heavy atom. The third-order valence-electron chi connectivity index (χ3n) is 7.64. The van der Waals surface area contributed by atoms with E-state index >= 15 is 0 Å². The number of nitrogens with two attached hydrogens (primary N) is 1. The molecule has 1 aliphatic heterocycles. The molecule has 0 bridgehead atoms. The van der Waals surface area contributed by atoms with Crippen LogP contribution in [0.1, 0.15) is 44.4 Å². The first-order chi connectivity index (χ1) is 19.5. The van der Waals surface area contributed by atoms with Crippen molar-refractivity contribution in [3.05, 3.63) is 53.5 Å². The Balaban J connectivity index is 2.04. The van der Waals surface area contributed by atoms with Gasteiger partial charge in [-0.1, -0.05) is 20.8 Å². The Hall–Kier alpha value is -4.38. The van der Waals surface area contributed by atoms with Crippen LogP contribution >= 0.6 is 0 Å². The van der Waals surface area contributed by atoms with E-state index in [4.69, 9.17) is 19.9 Å². The number of imide groups is 1. The standard InChI is InChI=1S/C30H34FN3O7/c1-7-19(23(14(2)3)26(32)30(37)38)34-13-18(17-12-16(31)8-9-20(17)34)25-24(28(35)33-29(25)36)15-10-21(39-4)27(41-6)22(11-15)40-5/h8-14,19,23,26H,7,32H2,1-6H3,(H,37,38)(H,33,35,36). The quantitative estimate of drug-likeness (QED) is 0.295. The summed E-state index contributed by atoms with van der Waals surface area (Å²) in [5.74, 6) is -2.69. The summed E-state index contributed by atoms with van der Waals surface area (Å²) in [6.07, 6.45) is 2.18. The van der Waals surface area contributed by atoms with E-state index < -0.39 is 41.6 Å². The number of carboxylic acid groups (broad SMARTS) is 1. The van der Waals surface area contributed by atoms with Crippen LogP contribution in [0.2, 0.25) is 0 Å². The van der Waals surface area contributed by atoms with Gasteiger partial charge in [-0.15, -0.1) is 0 Å². The highest BCUT2D eigenvalue weighted by molar-refractivity contribution is 6.50. The summed E-state index contributed by atoms with van der Waals surface area (Å²) in [6, 6.07) is 5.72. The predicted octanol–water partition coefficient (Wildman–Crippen LogP) is 4.01. The first kappa shape index (κ1) is 29.6. The highest BCUT2D eigenvalue weighted by atomic mass is 19.1. The summed E-state index contributed by atoms with van der Waals surface area (Å²) >= 11 is 0. The maximum absolute atomic E-state index is 14.7. The van der Waals surface area contributed by atoms with Crippen molar-refractivity contribution in [2.45, 2.75) is 39.3 Å². The van der Waals surface area contributed by atoms with Crippen molar-refractivity contribution in [2.24, 2.45) is 17.6 Å². The molecule has 11 heteroatoms. The van der Waals surface area contributed by atoms with Crippen molar-refractivity contribution in [1.29, 1.82) is 0 Å². The van der Waals surface area contributed by atoms with Crippen molar-refractivity contribution >= 4 is 39.8 Å². The molecule has 2 aromatic carbocycles. The van der Waals surface area contributed by atoms with Crippen LogP contribution in [0.5, 0.6) is 17.2 Å². The van der Waals surface area contributed by atoms with E-state index in [0.29, 0.717) is 34.2 Å². The molecular formula is C30H34FN3O7. The molecule has 0 saturated heterocycles. The number of fused-ring (bicyclic) bond motifs is 1. The minimum Gasteiger partial charge on any atom is -0.493 e. The van der Waals surface area contributed by atoms with Crippen molar-refractivity contribution in [3.63, 3.8) is 0 Å². The van der Waals surface area contributed by atoms with Gasteiger partial charge < -0.3 is 29.6 Å². The van der Waals surface area contributed by atoms with Gasteiger partial charge in [-0.3, -0.25) is 19.7 Å². The number of hydrogen-bond acceptors (Lipinski definition) is 7. The van der Waals surface area contributed by atoms with Gasteiger partial charge in [0.2, 0.25) is 5.75 Å². The topological polar surface area (TPSA) is 142 Å². The number of ether oxygens (including phenoxy) is 3. The minimum atomic E-state index is -1.16. The number of halogens is 1. The number of methoxy groups -OCH3 is 3. The highest BCUT2D eigenvalue weighted by Crippen LogP contribution is 2.44. The molecule has 0 fully saturated rings. The zero-order valence-electron chi connectivity index (χ0n) is 23.8. The lowest BCUT2D eigenvalue weighted by Crippen LogP contribution is -2.44. The van der Waals surface area contributed by atoms with Gasteiger partial charge >= 0.3 is 5.97 Å². The number of aromatic nitrogens is 1. The summed E-state index contributed by atoms with van der Waals surface area (Å²) in [7, 11) is 4.32. The smallest absolute Gasteiger partial charge is 0.320 e. The van der Waals surface area contributed by atoms with Crippen LogP contribution < -0.4 is 25.3 Å². The number of carbonyl (C=O) groups is 3. The Morgan fingerprint density at radius 2 is 1.63 bits per heavy atom. The molecule has 1 aromatic heterocycles. The maximum Gasteiger partial charge on any atom is 0.320 e. The van der Waals surface area contributed by atoms with E-state index in [-0.39, 0.29) is 28.6 Å². The molecule has 2 heterocycles. The fraction of sp³-hybridized carbons (Fsp3) is 0.367. The summed E-state index contributed by atoms with van der Waals surface area (Å²) in [6.45, 7) is 5.71. The summed E-state index contributed by atoms with van der Waals surface area (Å²) in [5.41, 5.74) is 7.47. The van der Waals surface area contributed by atoms with Crippen molar-refractivity contribution in [1.82, 2.24) is 9.88 Å². The average molecular weight is 568 g/mol. The van der Waals surface area contributed by atoms with Crippen LogP contribution in [0.25, 0.3) is 22.0 Å². The summed E-state index contributed by atoms with van der Waals surface area (Å²) in [5, 5.41) is 12.5. The molecule has 0 spiro atoms. The first-order valence-electron chi connectivity index (χ1n) is 13.2. The van der Waals surface area contributed by atoms with Gasteiger partial charge in [0.15, 0.2) is 11.5 Å². The Labute approximate surface area is 236 Å². The molecule has 3 aromatic rings.